The number of hydrogen-bond acceptors (Lipinski definition) is 5. The van der Waals surface area contributed by atoms with Crippen LogP contribution in [0.15, 0.2) is 24.3 Å². The highest BCUT2D eigenvalue weighted by Crippen LogP contribution is 2.22. The second kappa shape index (κ2) is 7.86. The van der Waals surface area contributed by atoms with Gasteiger partial charge in [0.2, 0.25) is 10.0 Å². The third kappa shape index (κ3) is 4.72. The van der Waals surface area contributed by atoms with Gasteiger partial charge >= 0.3 is 5.97 Å². The Balaban J connectivity index is 1.99. The van der Waals surface area contributed by atoms with Gasteiger partial charge in [-0.05, 0) is 44.0 Å². The number of nitrogens with zero attached hydrogens (tertiary/aromatic N) is 2. The lowest BCUT2D eigenvalue weighted by atomic mass is 9.96. The molecule has 1 aliphatic rings. The molecule has 2 rings (SSSR count). The lowest BCUT2D eigenvalue weighted by Crippen LogP contribution is -2.40. The van der Waals surface area contributed by atoms with Crippen LogP contribution in [0.5, 0.6) is 0 Å². The van der Waals surface area contributed by atoms with Gasteiger partial charge in [-0.25, -0.2) is 8.42 Å². The number of esters is 1. The summed E-state index contributed by atoms with van der Waals surface area (Å²) in [6, 6.07) is 6.47. The highest BCUT2D eigenvalue weighted by Gasteiger charge is 2.28. The minimum atomic E-state index is -3.33. The average molecular weight is 368 g/mol. The summed E-state index contributed by atoms with van der Waals surface area (Å²) in [5.41, 5.74) is 1.00. The van der Waals surface area contributed by atoms with Gasteiger partial charge in [-0.1, -0.05) is 0 Å². The third-order valence-corrected chi connectivity index (χ3v) is 5.58. The van der Waals surface area contributed by atoms with Crippen molar-refractivity contribution in [2.45, 2.75) is 19.8 Å². The van der Waals surface area contributed by atoms with Gasteiger partial charge in [0.25, 0.3) is 5.91 Å². The first kappa shape index (κ1) is 19.2. The predicted octanol–water partition coefficient (Wildman–Crippen LogP) is 1.50. The van der Waals surface area contributed by atoms with E-state index in [9.17, 15) is 18.0 Å². The molecule has 8 heteroatoms. The Labute approximate surface area is 148 Å². The molecule has 0 N–H and O–H groups in total. The van der Waals surface area contributed by atoms with Crippen LogP contribution in [0.25, 0.3) is 0 Å². The van der Waals surface area contributed by atoms with Gasteiger partial charge in [0.05, 0.1) is 24.5 Å². The van der Waals surface area contributed by atoms with Crippen LogP contribution < -0.4 is 4.31 Å². The standard InChI is InChI=1S/C17H24N2O5S/c1-4-24-17(21)14-9-11-19(12-10-14)16(20)13-5-7-15(8-6-13)18(2)25(3,22)23/h5-8,14H,4,9-12H2,1-3H3. The zero-order valence-electron chi connectivity index (χ0n) is 14.8. The molecule has 0 unspecified atom stereocenters. The number of anilines is 1. The van der Waals surface area contributed by atoms with Gasteiger partial charge < -0.3 is 9.64 Å². The normalized spacial score (nSPS) is 15.7. The molecule has 0 bridgehead atoms. The van der Waals surface area contributed by atoms with Crippen molar-refractivity contribution in [3.8, 4) is 0 Å². The average Bonchev–Trinajstić information content (AvgIpc) is 2.60. The molecule has 1 heterocycles. The number of benzene rings is 1. The van der Waals surface area contributed by atoms with Gasteiger partial charge in [-0.3, -0.25) is 13.9 Å². The SMILES string of the molecule is CCOC(=O)C1CCN(C(=O)c2ccc(N(C)S(C)(=O)=O)cc2)CC1. The summed E-state index contributed by atoms with van der Waals surface area (Å²) in [6.07, 6.45) is 2.32. The smallest absolute Gasteiger partial charge is 0.309 e. The number of piperidine rings is 1. The fourth-order valence-corrected chi connectivity index (χ4v) is 3.27. The summed E-state index contributed by atoms with van der Waals surface area (Å²) < 4.78 is 29.3. The van der Waals surface area contributed by atoms with Crippen LogP contribution in [-0.4, -0.2) is 58.2 Å². The molecule has 1 amide bonds. The summed E-state index contributed by atoms with van der Waals surface area (Å²) in [7, 11) is -1.87. The number of amides is 1. The van der Waals surface area contributed by atoms with Crippen molar-refractivity contribution in [3.05, 3.63) is 29.8 Å². The maximum Gasteiger partial charge on any atom is 0.309 e. The molecular formula is C17H24N2O5S. The minimum Gasteiger partial charge on any atom is -0.466 e. The van der Waals surface area contributed by atoms with E-state index in [-0.39, 0.29) is 17.8 Å². The maximum atomic E-state index is 12.6. The van der Waals surface area contributed by atoms with E-state index in [0.29, 0.717) is 43.8 Å². The number of hydrogen-bond donors (Lipinski definition) is 0. The zero-order valence-corrected chi connectivity index (χ0v) is 15.6. The van der Waals surface area contributed by atoms with E-state index in [1.54, 1.807) is 36.1 Å². The number of carbonyl (C=O) groups excluding carboxylic acids is 2. The fourth-order valence-electron chi connectivity index (χ4n) is 2.77. The summed E-state index contributed by atoms with van der Waals surface area (Å²) in [6.45, 7) is 3.16. The maximum absolute atomic E-state index is 12.6. The highest BCUT2D eigenvalue weighted by atomic mass is 32.2. The van der Waals surface area contributed by atoms with Crippen LogP contribution >= 0.6 is 0 Å². The van der Waals surface area contributed by atoms with Crippen LogP contribution in [0.3, 0.4) is 0 Å². The highest BCUT2D eigenvalue weighted by molar-refractivity contribution is 7.92. The van der Waals surface area contributed by atoms with Crippen LogP contribution in [0.1, 0.15) is 30.1 Å². The lowest BCUT2D eigenvalue weighted by Gasteiger charge is -2.31. The van der Waals surface area contributed by atoms with Gasteiger partial charge in [0.15, 0.2) is 0 Å². The summed E-state index contributed by atoms with van der Waals surface area (Å²) >= 11 is 0. The Morgan fingerprint density at radius 2 is 1.76 bits per heavy atom. The van der Waals surface area contributed by atoms with E-state index in [1.807, 2.05) is 0 Å². The van der Waals surface area contributed by atoms with Crippen molar-refractivity contribution in [2.24, 2.45) is 5.92 Å². The molecule has 0 atom stereocenters. The van der Waals surface area contributed by atoms with Crippen molar-refractivity contribution in [1.29, 1.82) is 0 Å². The van der Waals surface area contributed by atoms with E-state index in [1.165, 1.54) is 7.05 Å². The monoisotopic (exact) mass is 368 g/mol. The Bertz CT molecular complexity index is 722. The Hall–Kier alpha value is -2.09. The minimum absolute atomic E-state index is 0.115. The van der Waals surface area contributed by atoms with Crippen molar-refractivity contribution in [3.63, 3.8) is 0 Å². The van der Waals surface area contributed by atoms with E-state index in [4.69, 9.17) is 4.74 Å². The number of rotatable bonds is 5. The van der Waals surface area contributed by atoms with Crippen LogP contribution in [0.4, 0.5) is 5.69 Å². The van der Waals surface area contributed by atoms with Crippen molar-refractivity contribution in [2.75, 3.05) is 37.3 Å². The Morgan fingerprint density at radius 3 is 2.24 bits per heavy atom. The molecule has 1 aromatic carbocycles. The molecule has 0 spiro atoms. The fraction of sp³-hybridized carbons (Fsp3) is 0.529. The Morgan fingerprint density at radius 1 is 1.20 bits per heavy atom. The van der Waals surface area contributed by atoms with Gasteiger partial charge in [0, 0.05) is 25.7 Å². The molecule has 1 aromatic rings. The van der Waals surface area contributed by atoms with Crippen LogP contribution in [-0.2, 0) is 19.6 Å². The first-order valence-corrected chi connectivity index (χ1v) is 10.1. The lowest BCUT2D eigenvalue weighted by molar-refractivity contribution is -0.149. The van der Waals surface area contributed by atoms with E-state index in [0.717, 1.165) is 10.6 Å². The summed E-state index contributed by atoms with van der Waals surface area (Å²) in [5.74, 6) is -0.451. The molecule has 1 fully saturated rings. The topological polar surface area (TPSA) is 84.0 Å². The Kier molecular flexibility index (Phi) is 6.05. The second-order valence-corrected chi connectivity index (χ2v) is 8.11. The third-order valence-electron chi connectivity index (χ3n) is 4.38. The molecule has 0 radical (unpaired) electrons. The zero-order chi connectivity index (χ0) is 18.6. The van der Waals surface area contributed by atoms with Gasteiger partial charge in [-0.15, -0.1) is 0 Å². The first-order valence-electron chi connectivity index (χ1n) is 8.24. The second-order valence-electron chi connectivity index (χ2n) is 6.10. The number of carbonyl (C=O) groups is 2. The van der Waals surface area contributed by atoms with Crippen molar-refractivity contribution < 1.29 is 22.7 Å². The van der Waals surface area contributed by atoms with Crippen LogP contribution in [0.2, 0.25) is 0 Å². The number of sulfonamides is 1. The number of ether oxygens (including phenoxy) is 1. The van der Waals surface area contributed by atoms with Crippen molar-refractivity contribution in [1.82, 2.24) is 4.90 Å². The molecule has 0 saturated carbocycles. The molecular weight excluding hydrogens is 344 g/mol. The molecule has 1 aliphatic heterocycles. The van der Waals surface area contributed by atoms with Crippen LogP contribution in [0, 0.1) is 5.92 Å². The molecule has 25 heavy (non-hydrogen) atoms. The molecule has 1 saturated heterocycles. The van der Waals surface area contributed by atoms with Gasteiger partial charge in [-0.2, -0.15) is 0 Å². The van der Waals surface area contributed by atoms with E-state index >= 15 is 0 Å². The van der Waals surface area contributed by atoms with Gasteiger partial charge in [0.1, 0.15) is 0 Å². The van der Waals surface area contributed by atoms with E-state index < -0.39 is 10.0 Å². The summed E-state index contributed by atoms with van der Waals surface area (Å²) in [4.78, 5) is 26.0. The number of likely N-dealkylation sites (tertiary alicyclic amines) is 1. The predicted molar refractivity (Wildman–Crippen MR) is 94.9 cm³/mol. The molecule has 7 nitrogen and oxygen atoms in total. The quantitative estimate of drug-likeness (QED) is 0.736. The summed E-state index contributed by atoms with van der Waals surface area (Å²) in [5, 5.41) is 0. The first-order chi connectivity index (χ1) is 11.7. The molecule has 0 aliphatic carbocycles. The van der Waals surface area contributed by atoms with E-state index in [2.05, 4.69) is 0 Å². The van der Waals surface area contributed by atoms with Crippen molar-refractivity contribution >= 4 is 27.6 Å². The largest absolute Gasteiger partial charge is 0.466 e. The molecule has 138 valence electrons. The molecule has 0 aromatic heterocycles.